The summed E-state index contributed by atoms with van der Waals surface area (Å²) in [5.41, 5.74) is 5.06. The fourth-order valence-corrected chi connectivity index (χ4v) is 3.32. The molecule has 5 rings (SSSR count). The van der Waals surface area contributed by atoms with Crippen molar-refractivity contribution >= 4 is 27.5 Å². The van der Waals surface area contributed by atoms with Gasteiger partial charge in [0.05, 0.1) is 16.7 Å². The van der Waals surface area contributed by atoms with E-state index in [2.05, 4.69) is 37.3 Å². The van der Waals surface area contributed by atoms with E-state index in [9.17, 15) is 0 Å². The maximum atomic E-state index is 4.88. The van der Waals surface area contributed by atoms with Gasteiger partial charge in [-0.2, -0.15) is 0 Å². The second-order valence-corrected chi connectivity index (χ2v) is 6.31. The molecule has 26 heavy (non-hydrogen) atoms. The van der Waals surface area contributed by atoms with Crippen LogP contribution in [-0.2, 0) is 12.8 Å². The van der Waals surface area contributed by atoms with Crippen LogP contribution in [0.25, 0.3) is 27.5 Å². The van der Waals surface area contributed by atoms with Crippen LogP contribution < -0.4 is 0 Å². The van der Waals surface area contributed by atoms with Crippen LogP contribution in [0.1, 0.15) is 17.2 Å². The standard InChI is InChI=1S/C20H16N6/c1-13-16(4-5-19-23-12-14-11-21-9-6-17(14)24-19)25-20-15-3-2-8-22-18(15)7-10-26(13)20/h2-3,6-12H,4-5H2,1H3. The van der Waals surface area contributed by atoms with Crippen LogP contribution in [0.4, 0.5) is 0 Å². The van der Waals surface area contributed by atoms with Crippen LogP contribution in [0, 0.1) is 6.92 Å². The molecule has 5 heterocycles. The molecular formula is C20H16N6. The summed E-state index contributed by atoms with van der Waals surface area (Å²) in [5, 5.41) is 2.03. The number of hydrogen-bond acceptors (Lipinski definition) is 5. The van der Waals surface area contributed by atoms with Crippen molar-refractivity contribution < 1.29 is 0 Å². The highest BCUT2D eigenvalue weighted by Gasteiger charge is 2.12. The number of fused-ring (bicyclic) bond motifs is 4. The van der Waals surface area contributed by atoms with E-state index in [0.717, 1.165) is 57.5 Å². The molecule has 0 unspecified atom stereocenters. The SMILES string of the molecule is Cc1c(CCc2ncc3cnccc3n2)nc2c3cccnc3ccn12. The van der Waals surface area contributed by atoms with E-state index < -0.39 is 0 Å². The lowest BCUT2D eigenvalue weighted by atomic mass is 10.2. The first-order chi connectivity index (χ1) is 12.8. The summed E-state index contributed by atoms with van der Waals surface area (Å²) in [7, 11) is 0. The molecule has 0 aliphatic heterocycles. The smallest absolute Gasteiger partial charge is 0.146 e. The number of pyridine rings is 3. The summed E-state index contributed by atoms with van der Waals surface area (Å²) in [6.07, 6.45) is 10.8. The van der Waals surface area contributed by atoms with Crippen molar-refractivity contribution in [2.24, 2.45) is 0 Å². The Hall–Kier alpha value is -3.41. The van der Waals surface area contributed by atoms with Crippen LogP contribution >= 0.6 is 0 Å². The number of aryl methyl sites for hydroxylation is 3. The van der Waals surface area contributed by atoms with E-state index in [1.54, 1.807) is 12.4 Å². The predicted octanol–water partition coefficient (Wildman–Crippen LogP) is 3.31. The highest BCUT2D eigenvalue weighted by atomic mass is 15.0. The molecule has 0 amide bonds. The van der Waals surface area contributed by atoms with Crippen molar-refractivity contribution in [3.63, 3.8) is 0 Å². The zero-order chi connectivity index (χ0) is 17.5. The number of hydrogen-bond donors (Lipinski definition) is 0. The first kappa shape index (κ1) is 14.9. The third-order valence-corrected chi connectivity index (χ3v) is 4.72. The van der Waals surface area contributed by atoms with E-state index in [1.807, 2.05) is 36.8 Å². The van der Waals surface area contributed by atoms with Gasteiger partial charge in [0, 0.05) is 53.9 Å². The van der Waals surface area contributed by atoms with Gasteiger partial charge in [-0.25, -0.2) is 15.0 Å². The van der Waals surface area contributed by atoms with Crippen molar-refractivity contribution in [2.75, 3.05) is 0 Å². The largest absolute Gasteiger partial charge is 0.303 e. The fourth-order valence-electron chi connectivity index (χ4n) is 3.32. The molecule has 0 spiro atoms. The van der Waals surface area contributed by atoms with E-state index in [1.165, 1.54) is 0 Å². The van der Waals surface area contributed by atoms with Crippen LogP contribution in [0.15, 0.2) is 55.2 Å². The Morgan fingerprint density at radius 1 is 0.923 bits per heavy atom. The molecule has 6 nitrogen and oxygen atoms in total. The van der Waals surface area contributed by atoms with Gasteiger partial charge in [0.15, 0.2) is 0 Å². The second kappa shape index (κ2) is 5.84. The van der Waals surface area contributed by atoms with Gasteiger partial charge in [0.1, 0.15) is 11.5 Å². The van der Waals surface area contributed by atoms with Gasteiger partial charge in [-0.1, -0.05) is 0 Å². The quantitative estimate of drug-likeness (QED) is 0.504. The lowest BCUT2D eigenvalue weighted by Gasteiger charge is -2.02. The Morgan fingerprint density at radius 2 is 1.88 bits per heavy atom. The molecule has 0 saturated heterocycles. The Balaban J connectivity index is 1.50. The van der Waals surface area contributed by atoms with Crippen LogP contribution in [0.5, 0.6) is 0 Å². The minimum Gasteiger partial charge on any atom is -0.303 e. The molecule has 0 aliphatic rings. The van der Waals surface area contributed by atoms with Crippen LogP contribution in [-0.4, -0.2) is 29.3 Å². The summed E-state index contributed by atoms with van der Waals surface area (Å²) in [6.45, 7) is 2.10. The van der Waals surface area contributed by atoms with Crippen molar-refractivity contribution in [1.82, 2.24) is 29.3 Å². The van der Waals surface area contributed by atoms with Crippen LogP contribution in [0.3, 0.4) is 0 Å². The normalized spacial score (nSPS) is 11.6. The number of nitrogens with zero attached hydrogens (tertiary/aromatic N) is 6. The van der Waals surface area contributed by atoms with Crippen molar-refractivity contribution in [2.45, 2.75) is 19.8 Å². The molecule has 0 N–H and O–H groups in total. The Morgan fingerprint density at radius 3 is 2.85 bits per heavy atom. The molecule has 6 heteroatoms. The van der Waals surface area contributed by atoms with Gasteiger partial charge in [0.25, 0.3) is 0 Å². The van der Waals surface area contributed by atoms with E-state index in [0.29, 0.717) is 0 Å². The maximum absolute atomic E-state index is 4.88. The summed E-state index contributed by atoms with van der Waals surface area (Å²) < 4.78 is 2.13. The first-order valence-corrected chi connectivity index (χ1v) is 8.56. The minimum absolute atomic E-state index is 0.749. The van der Waals surface area contributed by atoms with Crippen molar-refractivity contribution in [1.29, 1.82) is 0 Å². The molecule has 0 atom stereocenters. The fraction of sp³-hybridized carbons (Fsp3) is 0.150. The van der Waals surface area contributed by atoms with Gasteiger partial charge in [0.2, 0.25) is 0 Å². The van der Waals surface area contributed by atoms with Crippen molar-refractivity contribution in [3.8, 4) is 0 Å². The third kappa shape index (κ3) is 2.38. The van der Waals surface area contributed by atoms with Crippen molar-refractivity contribution in [3.05, 3.63) is 72.5 Å². The molecule has 0 aliphatic carbocycles. The van der Waals surface area contributed by atoms with Gasteiger partial charge < -0.3 is 4.40 Å². The molecule has 126 valence electrons. The lowest BCUT2D eigenvalue weighted by molar-refractivity contribution is 0.843. The highest BCUT2D eigenvalue weighted by Crippen LogP contribution is 2.21. The summed E-state index contributed by atoms with van der Waals surface area (Å²) >= 11 is 0. The Kier molecular flexibility index (Phi) is 3.35. The minimum atomic E-state index is 0.749. The molecule has 0 saturated carbocycles. The average molecular weight is 340 g/mol. The predicted molar refractivity (Wildman–Crippen MR) is 100.0 cm³/mol. The van der Waals surface area contributed by atoms with Crippen LogP contribution in [0.2, 0.25) is 0 Å². The average Bonchev–Trinajstić information content (AvgIpc) is 3.02. The summed E-state index contributed by atoms with van der Waals surface area (Å²) in [4.78, 5) is 22.5. The molecule has 5 aromatic rings. The molecular weight excluding hydrogens is 324 g/mol. The van der Waals surface area contributed by atoms with E-state index in [4.69, 9.17) is 4.98 Å². The Bertz CT molecular complexity index is 1260. The maximum Gasteiger partial charge on any atom is 0.146 e. The van der Waals surface area contributed by atoms with Gasteiger partial charge in [-0.15, -0.1) is 0 Å². The molecule has 5 aromatic heterocycles. The molecule has 0 fully saturated rings. The molecule has 0 aromatic carbocycles. The Labute approximate surface area is 149 Å². The molecule has 0 radical (unpaired) electrons. The number of imidazole rings is 1. The summed E-state index contributed by atoms with van der Waals surface area (Å²) in [6, 6.07) is 7.95. The zero-order valence-electron chi connectivity index (χ0n) is 14.3. The number of aromatic nitrogens is 6. The lowest BCUT2D eigenvalue weighted by Crippen LogP contribution is -2.00. The first-order valence-electron chi connectivity index (χ1n) is 8.56. The van der Waals surface area contributed by atoms with E-state index >= 15 is 0 Å². The second-order valence-electron chi connectivity index (χ2n) is 6.31. The highest BCUT2D eigenvalue weighted by molar-refractivity contribution is 5.91. The summed E-state index contributed by atoms with van der Waals surface area (Å²) in [5.74, 6) is 0.826. The molecule has 0 bridgehead atoms. The zero-order valence-corrected chi connectivity index (χ0v) is 14.3. The van der Waals surface area contributed by atoms with Gasteiger partial charge >= 0.3 is 0 Å². The number of rotatable bonds is 3. The third-order valence-electron chi connectivity index (χ3n) is 4.72. The topological polar surface area (TPSA) is 68.9 Å². The van der Waals surface area contributed by atoms with Gasteiger partial charge in [-0.3, -0.25) is 9.97 Å². The monoisotopic (exact) mass is 340 g/mol. The van der Waals surface area contributed by atoms with Gasteiger partial charge in [-0.05, 0) is 37.6 Å². The van der Waals surface area contributed by atoms with E-state index in [-0.39, 0.29) is 0 Å².